The Bertz CT molecular complexity index is 427. The maximum absolute atomic E-state index is 11.8. The minimum absolute atomic E-state index is 0.184. The summed E-state index contributed by atoms with van der Waals surface area (Å²) in [5.74, 6) is 0. The summed E-state index contributed by atoms with van der Waals surface area (Å²) in [5.41, 5.74) is -1.16. The van der Waals surface area contributed by atoms with Gasteiger partial charge in [-0.1, -0.05) is 0 Å². The molecule has 2 heterocycles. The molecule has 1 amide bonds. The van der Waals surface area contributed by atoms with E-state index in [9.17, 15) is 23.1 Å². The molecular weight excluding hydrogens is 257 g/mol. The number of nitrogens with one attached hydrogen (secondary N) is 1. The second-order valence-electron chi connectivity index (χ2n) is 3.91. The van der Waals surface area contributed by atoms with E-state index >= 15 is 0 Å². The van der Waals surface area contributed by atoms with Gasteiger partial charge in [-0.05, 0) is 0 Å². The highest BCUT2D eigenvalue weighted by atomic mass is 19.4. The Morgan fingerprint density at radius 3 is 2.78 bits per heavy atom. The number of carbonyl (C=O) groups is 1. The molecule has 0 aromatic carbocycles. The highest BCUT2D eigenvalue weighted by Gasteiger charge is 2.48. The number of β-amino-alcohol motifs (C(OH)–C–C–N with tert-alkyl or cyclic N) is 1. The predicted molar refractivity (Wildman–Crippen MR) is 49.3 cm³/mol. The molecule has 18 heavy (non-hydrogen) atoms. The molecule has 0 aliphatic carbocycles. The predicted octanol–water partition coefficient (Wildman–Crippen LogP) is 0.00680. The van der Waals surface area contributed by atoms with Crippen molar-refractivity contribution < 1.29 is 27.8 Å². The van der Waals surface area contributed by atoms with Crippen LogP contribution >= 0.6 is 0 Å². The number of amides is 1. The van der Waals surface area contributed by atoms with Crippen LogP contribution in [0.1, 0.15) is 5.69 Å². The summed E-state index contributed by atoms with van der Waals surface area (Å²) >= 11 is 0. The lowest BCUT2D eigenvalue weighted by Crippen LogP contribution is -2.61. The molecular formula is C8H9F3N4O3. The average molecular weight is 266 g/mol. The van der Waals surface area contributed by atoms with Crippen molar-refractivity contribution in [3.8, 4) is 0 Å². The quantitative estimate of drug-likeness (QED) is 0.786. The summed E-state index contributed by atoms with van der Waals surface area (Å²) in [4.78, 5) is 12.1. The van der Waals surface area contributed by atoms with Crippen LogP contribution in [0.15, 0.2) is 6.20 Å². The number of alkyl halides is 3. The number of halogens is 3. The van der Waals surface area contributed by atoms with E-state index in [-0.39, 0.29) is 18.8 Å². The number of aliphatic hydroxyl groups is 1. The van der Waals surface area contributed by atoms with Crippen LogP contribution in [0.3, 0.4) is 0 Å². The molecule has 0 bridgehead atoms. The van der Waals surface area contributed by atoms with Crippen LogP contribution in [0.25, 0.3) is 0 Å². The van der Waals surface area contributed by atoms with Crippen LogP contribution < -0.4 is 0 Å². The molecule has 100 valence electrons. The van der Waals surface area contributed by atoms with Crippen molar-refractivity contribution in [3.63, 3.8) is 0 Å². The lowest BCUT2D eigenvalue weighted by atomic mass is 9.91. The first-order valence-electron chi connectivity index (χ1n) is 4.87. The van der Waals surface area contributed by atoms with Crippen LogP contribution in [0.5, 0.6) is 0 Å². The third kappa shape index (κ3) is 2.53. The molecule has 1 fully saturated rings. The van der Waals surface area contributed by atoms with Gasteiger partial charge in [-0.25, -0.2) is 4.79 Å². The molecule has 0 atom stereocenters. The van der Waals surface area contributed by atoms with Gasteiger partial charge in [0.2, 0.25) is 0 Å². The number of likely N-dealkylation sites (tertiary alicyclic amines) is 1. The number of hydrogen-bond donors (Lipinski definition) is 2. The zero-order chi connectivity index (χ0) is 13.4. The number of aromatic nitrogens is 3. The van der Waals surface area contributed by atoms with E-state index in [1.54, 1.807) is 0 Å². The topological polar surface area (TPSA) is 91.3 Å². The Morgan fingerprint density at radius 2 is 2.28 bits per heavy atom. The average Bonchev–Trinajstić information content (AvgIpc) is 2.74. The molecule has 2 N–H and O–H groups in total. The fourth-order valence-corrected chi connectivity index (χ4v) is 1.54. The van der Waals surface area contributed by atoms with E-state index in [1.807, 2.05) is 0 Å². The zero-order valence-electron chi connectivity index (χ0n) is 8.94. The number of H-pyrrole nitrogens is 1. The van der Waals surface area contributed by atoms with Crippen molar-refractivity contribution in [3.05, 3.63) is 11.9 Å². The summed E-state index contributed by atoms with van der Waals surface area (Å²) in [6.45, 7) is -2.02. The number of aromatic amines is 1. The van der Waals surface area contributed by atoms with Gasteiger partial charge >= 0.3 is 12.3 Å². The summed E-state index contributed by atoms with van der Waals surface area (Å²) < 4.78 is 39.5. The summed E-state index contributed by atoms with van der Waals surface area (Å²) in [7, 11) is 0. The normalized spacial score (nSPS) is 18.3. The second-order valence-corrected chi connectivity index (χ2v) is 3.91. The number of nitrogens with zero attached hydrogens (tertiary/aromatic N) is 3. The van der Waals surface area contributed by atoms with E-state index in [0.717, 1.165) is 4.90 Å². The molecule has 0 spiro atoms. The standard InChI is InChI=1S/C8H9F3N4O3/c9-8(10,11)4-18-6(16)15-2-7(17,3-15)5-1-12-14-13-5/h1,17H,2-4H2,(H,12,13,14). The van der Waals surface area contributed by atoms with Gasteiger partial charge < -0.3 is 14.7 Å². The largest absolute Gasteiger partial charge is 0.440 e. The zero-order valence-corrected chi connectivity index (χ0v) is 8.94. The molecule has 1 saturated heterocycles. The Hall–Kier alpha value is -1.84. The van der Waals surface area contributed by atoms with Gasteiger partial charge in [0.1, 0.15) is 11.3 Å². The molecule has 0 saturated carbocycles. The van der Waals surface area contributed by atoms with Crippen molar-refractivity contribution >= 4 is 6.09 Å². The van der Waals surface area contributed by atoms with Crippen molar-refractivity contribution in [2.75, 3.05) is 19.7 Å². The van der Waals surface area contributed by atoms with E-state index < -0.39 is 24.5 Å². The summed E-state index contributed by atoms with van der Waals surface area (Å²) in [5, 5.41) is 19.3. The molecule has 0 radical (unpaired) electrons. The summed E-state index contributed by atoms with van der Waals surface area (Å²) in [6, 6.07) is 0. The lowest BCUT2D eigenvalue weighted by Gasteiger charge is -2.44. The van der Waals surface area contributed by atoms with Crippen LogP contribution in [-0.4, -0.2) is 57.4 Å². The Balaban J connectivity index is 1.84. The van der Waals surface area contributed by atoms with Crippen LogP contribution in [0.2, 0.25) is 0 Å². The third-order valence-electron chi connectivity index (χ3n) is 2.41. The molecule has 1 aromatic heterocycles. The fraction of sp³-hybridized carbons (Fsp3) is 0.625. The fourth-order valence-electron chi connectivity index (χ4n) is 1.54. The van der Waals surface area contributed by atoms with Gasteiger partial charge in [0, 0.05) is 0 Å². The maximum atomic E-state index is 11.8. The van der Waals surface area contributed by atoms with Gasteiger partial charge in [0.25, 0.3) is 0 Å². The van der Waals surface area contributed by atoms with Crippen LogP contribution in [0.4, 0.5) is 18.0 Å². The van der Waals surface area contributed by atoms with E-state index in [4.69, 9.17) is 0 Å². The molecule has 1 aliphatic heterocycles. The van der Waals surface area contributed by atoms with Gasteiger partial charge in [0.05, 0.1) is 19.3 Å². The van der Waals surface area contributed by atoms with Crippen LogP contribution in [-0.2, 0) is 10.3 Å². The highest BCUT2D eigenvalue weighted by Crippen LogP contribution is 2.30. The second kappa shape index (κ2) is 4.12. The summed E-state index contributed by atoms with van der Waals surface area (Å²) in [6.07, 6.45) is -4.41. The Labute approximate surface area is 98.5 Å². The van der Waals surface area contributed by atoms with Crippen molar-refractivity contribution in [1.82, 2.24) is 20.3 Å². The number of hydrogen-bond acceptors (Lipinski definition) is 5. The third-order valence-corrected chi connectivity index (χ3v) is 2.41. The number of rotatable bonds is 2. The van der Waals surface area contributed by atoms with Crippen molar-refractivity contribution in [2.24, 2.45) is 0 Å². The monoisotopic (exact) mass is 266 g/mol. The first-order chi connectivity index (χ1) is 8.30. The van der Waals surface area contributed by atoms with Gasteiger partial charge in [-0.2, -0.15) is 28.6 Å². The first-order valence-corrected chi connectivity index (χ1v) is 4.87. The van der Waals surface area contributed by atoms with Gasteiger partial charge in [-0.3, -0.25) is 0 Å². The maximum Gasteiger partial charge on any atom is 0.422 e. The van der Waals surface area contributed by atoms with Crippen molar-refractivity contribution in [1.29, 1.82) is 0 Å². The molecule has 0 unspecified atom stereocenters. The molecule has 7 nitrogen and oxygen atoms in total. The highest BCUT2D eigenvalue weighted by molar-refractivity contribution is 5.69. The van der Waals surface area contributed by atoms with Crippen molar-refractivity contribution in [2.45, 2.75) is 11.8 Å². The molecule has 1 aromatic rings. The van der Waals surface area contributed by atoms with E-state index in [1.165, 1.54) is 6.20 Å². The smallest absolute Gasteiger partial charge is 0.422 e. The minimum Gasteiger partial charge on any atom is -0.440 e. The minimum atomic E-state index is -4.57. The van der Waals surface area contributed by atoms with E-state index in [2.05, 4.69) is 20.1 Å². The molecule has 1 aliphatic rings. The van der Waals surface area contributed by atoms with E-state index in [0.29, 0.717) is 0 Å². The number of carbonyl (C=O) groups excluding carboxylic acids is 1. The Morgan fingerprint density at radius 1 is 1.61 bits per heavy atom. The SMILES string of the molecule is O=C(OCC(F)(F)F)N1CC(O)(c2cn[nH]n2)C1. The number of ether oxygens (including phenoxy) is 1. The van der Waals surface area contributed by atoms with Gasteiger partial charge in [-0.15, -0.1) is 0 Å². The Kier molecular flexibility index (Phi) is 2.89. The first kappa shape index (κ1) is 12.6. The molecule has 10 heteroatoms. The molecule has 2 rings (SSSR count). The van der Waals surface area contributed by atoms with Crippen LogP contribution in [0, 0.1) is 0 Å². The lowest BCUT2D eigenvalue weighted by molar-refractivity contribution is -0.168. The van der Waals surface area contributed by atoms with Gasteiger partial charge in [0.15, 0.2) is 6.61 Å².